The number of nitrogens with one attached hydrogen (secondary N) is 1. The Morgan fingerprint density at radius 3 is 2.22 bits per heavy atom. The SMILES string of the molecule is CC(C)(C)CCC1(C(=O)OC(C)(C)C)CCCN1. The van der Waals surface area contributed by atoms with Crippen molar-refractivity contribution in [3.63, 3.8) is 0 Å². The van der Waals surface area contributed by atoms with Crippen LogP contribution in [-0.2, 0) is 9.53 Å². The van der Waals surface area contributed by atoms with Gasteiger partial charge in [0, 0.05) is 0 Å². The van der Waals surface area contributed by atoms with Crippen LogP contribution in [0.2, 0.25) is 0 Å². The first-order chi connectivity index (χ1) is 8.04. The summed E-state index contributed by atoms with van der Waals surface area (Å²) >= 11 is 0. The Bertz CT molecular complexity index is 291. The molecule has 0 amide bonds. The van der Waals surface area contributed by atoms with Gasteiger partial charge in [-0.25, -0.2) is 0 Å². The predicted molar refractivity (Wildman–Crippen MR) is 74.5 cm³/mol. The molecule has 1 atom stereocenters. The molecule has 3 heteroatoms. The van der Waals surface area contributed by atoms with E-state index in [0.717, 1.165) is 32.2 Å². The molecule has 1 unspecified atom stereocenters. The molecule has 0 aliphatic carbocycles. The number of ether oxygens (including phenoxy) is 1. The second kappa shape index (κ2) is 5.20. The highest BCUT2D eigenvalue weighted by Crippen LogP contribution is 2.32. The topological polar surface area (TPSA) is 38.3 Å². The number of hydrogen-bond donors (Lipinski definition) is 1. The summed E-state index contributed by atoms with van der Waals surface area (Å²) < 4.78 is 5.59. The molecule has 1 heterocycles. The summed E-state index contributed by atoms with van der Waals surface area (Å²) in [5.74, 6) is -0.0725. The molecule has 1 aliphatic heterocycles. The van der Waals surface area contributed by atoms with E-state index in [2.05, 4.69) is 26.1 Å². The van der Waals surface area contributed by atoms with Gasteiger partial charge in [0.2, 0.25) is 0 Å². The van der Waals surface area contributed by atoms with E-state index in [1.54, 1.807) is 0 Å². The Kier molecular flexibility index (Phi) is 4.47. The van der Waals surface area contributed by atoms with Crippen molar-refractivity contribution in [1.82, 2.24) is 5.32 Å². The van der Waals surface area contributed by atoms with Crippen LogP contribution in [0.3, 0.4) is 0 Å². The maximum atomic E-state index is 12.4. The lowest BCUT2D eigenvalue weighted by Gasteiger charge is -2.33. The lowest BCUT2D eigenvalue weighted by molar-refractivity contribution is -0.163. The van der Waals surface area contributed by atoms with Gasteiger partial charge in [-0.2, -0.15) is 0 Å². The van der Waals surface area contributed by atoms with Crippen molar-refractivity contribution >= 4 is 5.97 Å². The quantitative estimate of drug-likeness (QED) is 0.787. The highest BCUT2D eigenvalue weighted by Gasteiger charge is 2.44. The molecule has 0 aromatic rings. The molecule has 0 radical (unpaired) electrons. The van der Waals surface area contributed by atoms with Gasteiger partial charge in [0.15, 0.2) is 0 Å². The van der Waals surface area contributed by atoms with E-state index in [0.29, 0.717) is 0 Å². The average Bonchev–Trinajstić information content (AvgIpc) is 2.60. The summed E-state index contributed by atoms with van der Waals surface area (Å²) in [7, 11) is 0. The fourth-order valence-corrected chi connectivity index (χ4v) is 2.26. The molecule has 0 spiro atoms. The zero-order valence-electron chi connectivity index (χ0n) is 12.9. The lowest BCUT2D eigenvalue weighted by Crippen LogP contribution is -2.51. The minimum atomic E-state index is -0.444. The number of carbonyl (C=O) groups excluding carboxylic acids is 1. The van der Waals surface area contributed by atoms with E-state index in [4.69, 9.17) is 4.74 Å². The molecule has 3 nitrogen and oxygen atoms in total. The Balaban J connectivity index is 2.71. The molecule has 0 aromatic heterocycles. The Labute approximate surface area is 112 Å². The van der Waals surface area contributed by atoms with E-state index >= 15 is 0 Å². The van der Waals surface area contributed by atoms with Gasteiger partial charge in [0.1, 0.15) is 11.1 Å². The Hall–Kier alpha value is -0.570. The number of esters is 1. The summed E-state index contributed by atoms with van der Waals surface area (Å²) in [6, 6.07) is 0. The first kappa shape index (κ1) is 15.5. The van der Waals surface area contributed by atoms with Crippen molar-refractivity contribution in [2.45, 2.75) is 78.4 Å². The van der Waals surface area contributed by atoms with Crippen LogP contribution in [0.15, 0.2) is 0 Å². The van der Waals surface area contributed by atoms with Gasteiger partial charge in [-0.1, -0.05) is 20.8 Å². The van der Waals surface area contributed by atoms with Crippen molar-refractivity contribution in [3.8, 4) is 0 Å². The molecule has 1 aliphatic rings. The fraction of sp³-hybridized carbons (Fsp3) is 0.933. The molecular weight excluding hydrogens is 226 g/mol. The monoisotopic (exact) mass is 255 g/mol. The highest BCUT2D eigenvalue weighted by atomic mass is 16.6. The van der Waals surface area contributed by atoms with E-state index in [-0.39, 0.29) is 11.4 Å². The van der Waals surface area contributed by atoms with Crippen LogP contribution in [0.25, 0.3) is 0 Å². The number of rotatable bonds is 3. The zero-order valence-corrected chi connectivity index (χ0v) is 12.9. The molecule has 1 rings (SSSR count). The summed E-state index contributed by atoms with van der Waals surface area (Å²) in [4.78, 5) is 12.4. The van der Waals surface area contributed by atoms with Gasteiger partial charge in [0.25, 0.3) is 0 Å². The maximum Gasteiger partial charge on any atom is 0.326 e. The minimum absolute atomic E-state index is 0.0725. The molecule has 1 N–H and O–H groups in total. The first-order valence-corrected chi connectivity index (χ1v) is 7.03. The van der Waals surface area contributed by atoms with E-state index in [1.807, 2.05) is 20.8 Å². The van der Waals surface area contributed by atoms with E-state index in [1.165, 1.54) is 0 Å². The standard InChI is InChI=1S/C15H29NO2/c1-13(2,3)9-10-15(8-7-11-16-15)12(17)18-14(4,5)6/h16H,7-11H2,1-6H3. The largest absolute Gasteiger partial charge is 0.459 e. The maximum absolute atomic E-state index is 12.4. The van der Waals surface area contributed by atoms with Crippen molar-refractivity contribution in [2.24, 2.45) is 5.41 Å². The molecule has 0 aromatic carbocycles. The predicted octanol–water partition coefficient (Wildman–Crippen LogP) is 3.28. The third-order valence-electron chi connectivity index (χ3n) is 3.34. The van der Waals surface area contributed by atoms with Crippen LogP contribution < -0.4 is 5.32 Å². The second-order valence-electron chi connectivity index (χ2n) is 7.67. The van der Waals surface area contributed by atoms with Gasteiger partial charge in [0.05, 0.1) is 0 Å². The molecule has 106 valence electrons. The normalized spacial score (nSPS) is 25.2. The van der Waals surface area contributed by atoms with Crippen LogP contribution in [0.5, 0.6) is 0 Å². The highest BCUT2D eigenvalue weighted by molar-refractivity contribution is 5.81. The molecule has 0 bridgehead atoms. The molecule has 1 fully saturated rings. The molecule has 0 saturated carbocycles. The van der Waals surface area contributed by atoms with Crippen LogP contribution in [0, 0.1) is 5.41 Å². The minimum Gasteiger partial charge on any atom is -0.459 e. The Morgan fingerprint density at radius 2 is 1.83 bits per heavy atom. The second-order valence-corrected chi connectivity index (χ2v) is 7.67. The smallest absolute Gasteiger partial charge is 0.326 e. The summed E-state index contributed by atoms with van der Waals surface area (Å²) in [5, 5.41) is 3.39. The fourth-order valence-electron chi connectivity index (χ4n) is 2.26. The summed E-state index contributed by atoms with van der Waals surface area (Å²) in [6.45, 7) is 13.3. The molecule has 1 saturated heterocycles. The third kappa shape index (κ3) is 4.60. The van der Waals surface area contributed by atoms with Crippen LogP contribution in [0.1, 0.15) is 67.2 Å². The lowest BCUT2D eigenvalue weighted by atomic mass is 9.82. The van der Waals surface area contributed by atoms with Gasteiger partial charge >= 0.3 is 5.97 Å². The molecule has 18 heavy (non-hydrogen) atoms. The van der Waals surface area contributed by atoms with Gasteiger partial charge < -0.3 is 10.1 Å². The Morgan fingerprint density at radius 1 is 1.22 bits per heavy atom. The van der Waals surface area contributed by atoms with Gasteiger partial charge in [-0.3, -0.25) is 4.79 Å². The zero-order chi connectivity index (χ0) is 14.0. The first-order valence-electron chi connectivity index (χ1n) is 7.03. The van der Waals surface area contributed by atoms with Crippen LogP contribution in [-0.4, -0.2) is 23.7 Å². The van der Waals surface area contributed by atoms with Crippen molar-refractivity contribution in [1.29, 1.82) is 0 Å². The van der Waals surface area contributed by atoms with Crippen LogP contribution in [0.4, 0.5) is 0 Å². The van der Waals surface area contributed by atoms with Crippen molar-refractivity contribution in [3.05, 3.63) is 0 Å². The molecular formula is C15H29NO2. The summed E-state index contributed by atoms with van der Waals surface area (Å²) in [5.41, 5.74) is -0.601. The number of hydrogen-bond acceptors (Lipinski definition) is 3. The van der Waals surface area contributed by atoms with Gasteiger partial charge in [-0.05, 0) is 58.4 Å². The van der Waals surface area contributed by atoms with Gasteiger partial charge in [-0.15, -0.1) is 0 Å². The van der Waals surface area contributed by atoms with E-state index < -0.39 is 11.1 Å². The number of carbonyl (C=O) groups is 1. The average molecular weight is 255 g/mol. The van der Waals surface area contributed by atoms with Crippen LogP contribution >= 0.6 is 0 Å². The summed E-state index contributed by atoms with van der Waals surface area (Å²) in [6.07, 6.45) is 3.85. The van der Waals surface area contributed by atoms with Crippen molar-refractivity contribution in [2.75, 3.05) is 6.54 Å². The van der Waals surface area contributed by atoms with Crippen molar-refractivity contribution < 1.29 is 9.53 Å². The third-order valence-corrected chi connectivity index (χ3v) is 3.34. The van der Waals surface area contributed by atoms with E-state index in [9.17, 15) is 4.79 Å².